The quantitative estimate of drug-likeness (QED) is 0.678. The second-order valence-corrected chi connectivity index (χ2v) is 3.92. The first-order valence-electron chi connectivity index (χ1n) is 5.23. The van der Waals surface area contributed by atoms with Gasteiger partial charge in [0.25, 0.3) is 5.91 Å². The lowest BCUT2D eigenvalue weighted by atomic mass is 10.1. The molecule has 3 nitrogen and oxygen atoms in total. The number of carbonyl (C=O) groups is 1. The second kappa shape index (κ2) is 4.43. The molecule has 1 aromatic heterocycles. The van der Waals surface area contributed by atoms with Crippen LogP contribution in [-0.4, -0.2) is 28.9 Å². The second-order valence-electron chi connectivity index (χ2n) is 3.92. The van der Waals surface area contributed by atoms with E-state index in [1.807, 2.05) is 6.92 Å². The molecule has 4 heteroatoms. The molecule has 1 aromatic rings. The highest BCUT2D eigenvalue weighted by Gasteiger charge is 2.20. The fourth-order valence-electron chi connectivity index (χ4n) is 1.80. The molecule has 1 amide bonds. The third-order valence-electron chi connectivity index (χ3n) is 2.62. The molecular formula is C12H13FN2O. The van der Waals surface area contributed by atoms with Gasteiger partial charge in [-0.25, -0.2) is 4.39 Å². The van der Waals surface area contributed by atoms with Crippen LogP contribution >= 0.6 is 0 Å². The molecule has 0 unspecified atom stereocenters. The Hall–Kier alpha value is -1.71. The van der Waals surface area contributed by atoms with Gasteiger partial charge in [-0.3, -0.25) is 9.78 Å². The Morgan fingerprint density at radius 3 is 3.06 bits per heavy atom. The van der Waals surface area contributed by atoms with Crippen LogP contribution in [0, 0.1) is 5.82 Å². The lowest BCUT2D eigenvalue weighted by Crippen LogP contribution is -2.35. The molecule has 2 heterocycles. The predicted octanol–water partition coefficient (Wildman–Crippen LogP) is 2.01. The summed E-state index contributed by atoms with van der Waals surface area (Å²) in [5.41, 5.74) is 1.25. The number of hydrogen-bond donors (Lipinski definition) is 0. The topological polar surface area (TPSA) is 33.2 Å². The Bertz CT molecular complexity index is 442. The molecular weight excluding hydrogens is 207 g/mol. The summed E-state index contributed by atoms with van der Waals surface area (Å²) < 4.78 is 13.4. The van der Waals surface area contributed by atoms with E-state index in [0.29, 0.717) is 13.1 Å². The molecule has 84 valence electrons. The monoisotopic (exact) mass is 220 g/mol. The number of nitrogens with zero attached hydrogens (tertiary/aromatic N) is 2. The van der Waals surface area contributed by atoms with Gasteiger partial charge >= 0.3 is 0 Å². The number of hydrogen-bond acceptors (Lipinski definition) is 2. The van der Waals surface area contributed by atoms with Crippen LogP contribution in [0.2, 0.25) is 0 Å². The average molecular weight is 220 g/mol. The summed E-state index contributed by atoms with van der Waals surface area (Å²) in [6, 6.07) is 1.42. The van der Waals surface area contributed by atoms with Crippen molar-refractivity contribution in [3.8, 4) is 0 Å². The molecule has 0 saturated heterocycles. The Morgan fingerprint density at radius 2 is 2.38 bits per heavy atom. The Balaban J connectivity index is 2.20. The maximum absolute atomic E-state index is 13.4. The minimum atomic E-state index is -0.556. The lowest BCUT2D eigenvalue weighted by Gasteiger charge is -2.26. The van der Waals surface area contributed by atoms with Crippen molar-refractivity contribution in [1.82, 2.24) is 9.88 Å². The van der Waals surface area contributed by atoms with Crippen molar-refractivity contribution >= 4 is 5.91 Å². The summed E-state index contributed by atoms with van der Waals surface area (Å²) in [4.78, 5) is 17.3. The van der Waals surface area contributed by atoms with Crippen molar-refractivity contribution in [1.29, 1.82) is 0 Å². The summed E-state index contributed by atoms with van der Waals surface area (Å²) in [6.45, 7) is 3.21. The summed E-state index contributed by atoms with van der Waals surface area (Å²) in [5.74, 6) is -0.813. The molecule has 16 heavy (non-hydrogen) atoms. The Morgan fingerprint density at radius 1 is 1.56 bits per heavy atom. The first kappa shape index (κ1) is 10.8. The minimum Gasteiger partial charge on any atom is -0.334 e. The first-order chi connectivity index (χ1) is 7.68. The number of halogens is 1. The zero-order chi connectivity index (χ0) is 11.5. The molecule has 0 radical (unpaired) electrons. The maximum Gasteiger partial charge on any atom is 0.257 e. The summed E-state index contributed by atoms with van der Waals surface area (Å²) in [6.07, 6.45) is 5.44. The number of pyridine rings is 1. The van der Waals surface area contributed by atoms with Crippen molar-refractivity contribution in [3.63, 3.8) is 0 Å². The van der Waals surface area contributed by atoms with Gasteiger partial charge in [0.15, 0.2) is 5.82 Å². The molecule has 1 aliphatic heterocycles. The standard InChI is InChI=1S/C12H13FN2O/c1-9-3-2-6-15(8-9)12(16)10-4-5-14-7-11(10)13/h3-5,7H,2,6,8H2,1H3. The van der Waals surface area contributed by atoms with Crippen molar-refractivity contribution < 1.29 is 9.18 Å². The Kier molecular flexibility index (Phi) is 2.99. The fourth-order valence-corrected chi connectivity index (χ4v) is 1.80. The van der Waals surface area contributed by atoms with E-state index in [-0.39, 0.29) is 11.5 Å². The van der Waals surface area contributed by atoms with Crippen LogP contribution in [0.25, 0.3) is 0 Å². The highest BCUT2D eigenvalue weighted by Crippen LogP contribution is 2.14. The highest BCUT2D eigenvalue weighted by atomic mass is 19.1. The van der Waals surface area contributed by atoms with E-state index in [1.165, 1.54) is 12.3 Å². The molecule has 2 rings (SSSR count). The molecule has 0 fully saturated rings. The van der Waals surface area contributed by atoms with E-state index < -0.39 is 5.82 Å². The molecule has 0 atom stereocenters. The van der Waals surface area contributed by atoms with Crippen LogP contribution in [0.3, 0.4) is 0 Å². The van der Waals surface area contributed by atoms with E-state index in [0.717, 1.165) is 18.2 Å². The Labute approximate surface area is 93.6 Å². The van der Waals surface area contributed by atoms with E-state index in [4.69, 9.17) is 0 Å². The fraction of sp³-hybridized carbons (Fsp3) is 0.333. The zero-order valence-electron chi connectivity index (χ0n) is 9.11. The minimum absolute atomic E-state index is 0.102. The van der Waals surface area contributed by atoms with Gasteiger partial charge in [-0.1, -0.05) is 11.6 Å². The number of carbonyl (C=O) groups excluding carboxylic acids is 1. The maximum atomic E-state index is 13.4. The van der Waals surface area contributed by atoms with Gasteiger partial charge in [0, 0.05) is 19.3 Å². The lowest BCUT2D eigenvalue weighted by molar-refractivity contribution is 0.0761. The third-order valence-corrected chi connectivity index (χ3v) is 2.62. The van der Waals surface area contributed by atoms with Crippen molar-refractivity contribution in [2.24, 2.45) is 0 Å². The molecule has 0 spiro atoms. The van der Waals surface area contributed by atoms with Crippen LogP contribution in [0.5, 0.6) is 0 Å². The molecule has 0 aromatic carbocycles. The van der Waals surface area contributed by atoms with E-state index in [1.54, 1.807) is 4.90 Å². The summed E-state index contributed by atoms with van der Waals surface area (Å²) in [7, 11) is 0. The number of amides is 1. The van der Waals surface area contributed by atoms with Gasteiger partial charge in [0.2, 0.25) is 0 Å². The van der Waals surface area contributed by atoms with Gasteiger partial charge in [0.1, 0.15) is 0 Å². The largest absolute Gasteiger partial charge is 0.334 e. The van der Waals surface area contributed by atoms with Gasteiger partial charge in [-0.05, 0) is 19.4 Å². The zero-order valence-corrected chi connectivity index (χ0v) is 9.11. The smallest absolute Gasteiger partial charge is 0.257 e. The van der Waals surface area contributed by atoms with Gasteiger partial charge in [0.05, 0.1) is 11.8 Å². The third kappa shape index (κ3) is 2.10. The predicted molar refractivity (Wildman–Crippen MR) is 58.5 cm³/mol. The SMILES string of the molecule is CC1=CCCN(C(=O)c2ccncc2F)C1. The van der Waals surface area contributed by atoms with Crippen LogP contribution in [0.4, 0.5) is 4.39 Å². The van der Waals surface area contributed by atoms with Crippen LogP contribution < -0.4 is 0 Å². The normalized spacial score (nSPS) is 15.9. The van der Waals surface area contributed by atoms with Gasteiger partial charge in [-0.15, -0.1) is 0 Å². The molecule has 0 aliphatic carbocycles. The first-order valence-corrected chi connectivity index (χ1v) is 5.23. The van der Waals surface area contributed by atoms with Crippen molar-refractivity contribution in [3.05, 3.63) is 41.5 Å². The van der Waals surface area contributed by atoms with E-state index >= 15 is 0 Å². The average Bonchev–Trinajstić information content (AvgIpc) is 2.29. The van der Waals surface area contributed by atoms with E-state index in [2.05, 4.69) is 11.1 Å². The number of rotatable bonds is 1. The van der Waals surface area contributed by atoms with Crippen LogP contribution in [-0.2, 0) is 0 Å². The summed E-state index contributed by atoms with van der Waals surface area (Å²) in [5, 5.41) is 0. The van der Waals surface area contributed by atoms with Crippen molar-refractivity contribution in [2.75, 3.05) is 13.1 Å². The highest BCUT2D eigenvalue weighted by molar-refractivity contribution is 5.94. The van der Waals surface area contributed by atoms with Crippen LogP contribution in [0.15, 0.2) is 30.1 Å². The molecule has 1 aliphatic rings. The molecule has 0 N–H and O–H groups in total. The van der Waals surface area contributed by atoms with Gasteiger partial charge < -0.3 is 4.90 Å². The van der Waals surface area contributed by atoms with Crippen molar-refractivity contribution in [2.45, 2.75) is 13.3 Å². The number of aromatic nitrogens is 1. The van der Waals surface area contributed by atoms with Gasteiger partial charge in [-0.2, -0.15) is 0 Å². The van der Waals surface area contributed by atoms with Crippen LogP contribution in [0.1, 0.15) is 23.7 Å². The molecule has 0 bridgehead atoms. The van der Waals surface area contributed by atoms with E-state index in [9.17, 15) is 9.18 Å². The summed E-state index contributed by atoms with van der Waals surface area (Å²) >= 11 is 0. The molecule has 0 saturated carbocycles.